The lowest BCUT2D eigenvalue weighted by molar-refractivity contribution is -0.121. The van der Waals surface area contributed by atoms with Gasteiger partial charge in [0.05, 0.1) is 20.3 Å². The molecule has 0 bridgehead atoms. The van der Waals surface area contributed by atoms with E-state index in [4.69, 9.17) is 14.2 Å². The Labute approximate surface area is 222 Å². The fourth-order valence-corrected chi connectivity index (χ4v) is 4.72. The summed E-state index contributed by atoms with van der Waals surface area (Å²) in [6, 6.07) is 24.4. The number of carbonyl (C=O) groups is 1. The molecule has 0 aromatic heterocycles. The topological polar surface area (TPSA) is 56.8 Å². The first-order chi connectivity index (χ1) is 17.8. The molecule has 3 aromatic carbocycles. The van der Waals surface area contributed by atoms with Crippen molar-refractivity contribution in [3.63, 3.8) is 0 Å². The summed E-state index contributed by atoms with van der Waals surface area (Å²) in [7, 11) is 3.36. The molecule has 37 heavy (non-hydrogen) atoms. The molecule has 0 heterocycles. The van der Waals surface area contributed by atoms with Crippen LogP contribution in [0.5, 0.6) is 17.2 Å². The van der Waals surface area contributed by atoms with Gasteiger partial charge >= 0.3 is 0 Å². The first-order valence-electron chi connectivity index (χ1n) is 13.1. The molecule has 5 nitrogen and oxygen atoms in total. The SMILES string of the molecule is COc1ccc([C@H](CC(=O)NCC[C@H](c2ccc(OC(C)C)cc2)c2ccccc2OC)C(C)C)cc1. The first kappa shape index (κ1) is 28.1. The minimum atomic E-state index is 0.0639. The van der Waals surface area contributed by atoms with Crippen molar-refractivity contribution in [2.24, 2.45) is 5.92 Å². The Bertz CT molecular complexity index is 1110. The molecule has 0 saturated heterocycles. The van der Waals surface area contributed by atoms with Crippen molar-refractivity contribution in [1.29, 1.82) is 0 Å². The maximum Gasteiger partial charge on any atom is 0.220 e. The van der Waals surface area contributed by atoms with E-state index in [2.05, 4.69) is 49.5 Å². The van der Waals surface area contributed by atoms with Crippen LogP contribution in [-0.2, 0) is 4.79 Å². The number of para-hydroxylation sites is 1. The van der Waals surface area contributed by atoms with Crippen LogP contribution < -0.4 is 19.5 Å². The molecule has 2 atom stereocenters. The number of hydrogen-bond acceptors (Lipinski definition) is 4. The summed E-state index contributed by atoms with van der Waals surface area (Å²) in [5.74, 6) is 3.14. The summed E-state index contributed by atoms with van der Waals surface area (Å²) >= 11 is 0. The Morgan fingerprint density at radius 3 is 2.00 bits per heavy atom. The van der Waals surface area contributed by atoms with Gasteiger partial charge in [-0.15, -0.1) is 0 Å². The van der Waals surface area contributed by atoms with Crippen molar-refractivity contribution in [2.45, 2.75) is 58.5 Å². The van der Waals surface area contributed by atoms with Gasteiger partial charge in [0, 0.05) is 24.4 Å². The second-order valence-electron chi connectivity index (χ2n) is 10.00. The fourth-order valence-electron chi connectivity index (χ4n) is 4.72. The minimum Gasteiger partial charge on any atom is -0.497 e. The Kier molecular flexibility index (Phi) is 10.4. The molecular formula is C32H41NO4. The van der Waals surface area contributed by atoms with Crippen molar-refractivity contribution in [1.82, 2.24) is 5.32 Å². The second-order valence-corrected chi connectivity index (χ2v) is 10.00. The van der Waals surface area contributed by atoms with Crippen molar-refractivity contribution in [3.05, 3.63) is 89.5 Å². The number of hydrogen-bond donors (Lipinski definition) is 1. The van der Waals surface area contributed by atoms with Crippen LogP contribution >= 0.6 is 0 Å². The van der Waals surface area contributed by atoms with Gasteiger partial charge in [0.2, 0.25) is 5.91 Å². The van der Waals surface area contributed by atoms with Gasteiger partial charge in [-0.05, 0) is 73.6 Å². The number of carbonyl (C=O) groups excluding carboxylic acids is 1. The van der Waals surface area contributed by atoms with Gasteiger partial charge in [0.1, 0.15) is 17.2 Å². The molecule has 1 N–H and O–H groups in total. The molecular weight excluding hydrogens is 462 g/mol. The third-order valence-electron chi connectivity index (χ3n) is 6.68. The van der Waals surface area contributed by atoms with Gasteiger partial charge in [-0.25, -0.2) is 0 Å². The largest absolute Gasteiger partial charge is 0.497 e. The number of methoxy groups -OCH3 is 2. The monoisotopic (exact) mass is 503 g/mol. The Hall–Kier alpha value is -3.47. The molecule has 0 saturated carbocycles. The van der Waals surface area contributed by atoms with Crippen molar-refractivity contribution in [3.8, 4) is 17.2 Å². The third-order valence-corrected chi connectivity index (χ3v) is 6.68. The lowest BCUT2D eigenvalue weighted by Gasteiger charge is -2.23. The zero-order valence-electron chi connectivity index (χ0n) is 23.0. The van der Waals surface area contributed by atoms with Crippen LogP contribution in [0.25, 0.3) is 0 Å². The summed E-state index contributed by atoms with van der Waals surface area (Å²) in [6.07, 6.45) is 1.33. The summed E-state index contributed by atoms with van der Waals surface area (Å²) < 4.78 is 16.8. The highest BCUT2D eigenvalue weighted by Gasteiger charge is 2.22. The minimum absolute atomic E-state index is 0.0639. The molecule has 198 valence electrons. The number of benzene rings is 3. The number of amides is 1. The Balaban J connectivity index is 1.71. The van der Waals surface area contributed by atoms with E-state index in [1.807, 2.05) is 56.3 Å². The lowest BCUT2D eigenvalue weighted by Crippen LogP contribution is -2.28. The Morgan fingerprint density at radius 2 is 1.41 bits per heavy atom. The molecule has 0 aliphatic carbocycles. The van der Waals surface area contributed by atoms with Crippen molar-refractivity contribution < 1.29 is 19.0 Å². The average molecular weight is 504 g/mol. The molecule has 3 rings (SSSR count). The molecule has 0 radical (unpaired) electrons. The van der Waals surface area contributed by atoms with E-state index < -0.39 is 0 Å². The van der Waals surface area contributed by atoms with Crippen LogP contribution in [0.3, 0.4) is 0 Å². The Morgan fingerprint density at radius 1 is 0.784 bits per heavy atom. The molecule has 0 spiro atoms. The van der Waals surface area contributed by atoms with Gasteiger partial charge in [-0.2, -0.15) is 0 Å². The first-order valence-corrected chi connectivity index (χ1v) is 13.1. The molecule has 0 aliphatic rings. The molecule has 0 fully saturated rings. The summed E-state index contributed by atoms with van der Waals surface area (Å²) in [5, 5.41) is 3.18. The summed E-state index contributed by atoms with van der Waals surface area (Å²) in [5.41, 5.74) is 3.42. The average Bonchev–Trinajstić information content (AvgIpc) is 2.90. The van der Waals surface area contributed by atoms with Gasteiger partial charge in [0.15, 0.2) is 0 Å². The molecule has 0 aliphatic heterocycles. The highest BCUT2D eigenvalue weighted by Crippen LogP contribution is 2.35. The quantitative estimate of drug-likeness (QED) is 0.274. The zero-order valence-corrected chi connectivity index (χ0v) is 23.0. The second kappa shape index (κ2) is 13.7. The predicted molar refractivity (Wildman–Crippen MR) is 150 cm³/mol. The third kappa shape index (κ3) is 8.01. The van der Waals surface area contributed by atoms with E-state index in [1.54, 1.807) is 14.2 Å². The van der Waals surface area contributed by atoms with Gasteiger partial charge in [-0.1, -0.05) is 56.3 Å². The fraction of sp³-hybridized carbons (Fsp3) is 0.406. The van der Waals surface area contributed by atoms with Crippen LogP contribution in [-0.4, -0.2) is 32.8 Å². The van der Waals surface area contributed by atoms with E-state index in [9.17, 15) is 4.79 Å². The van der Waals surface area contributed by atoms with E-state index in [-0.39, 0.29) is 23.8 Å². The number of rotatable bonds is 13. The smallest absolute Gasteiger partial charge is 0.220 e. The van der Waals surface area contributed by atoms with Gasteiger partial charge < -0.3 is 19.5 Å². The van der Waals surface area contributed by atoms with E-state index >= 15 is 0 Å². The van der Waals surface area contributed by atoms with Crippen LogP contribution in [0.4, 0.5) is 0 Å². The van der Waals surface area contributed by atoms with Gasteiger partial charge in [0.25, 0.3) is 0 Å². The van der Waals surface area contributed by atoms with Crippen molar-refractivity contribution in [2.75, 3.05) is 20.8 Å². The van der Waals surface area contributed by atoms with Crippen molar-refractivity contribution >= 4 is 5.91 Å². The lowest BCUT2D eigenvalue weighted by atomic mass is 9.85. The maximum atomic E-state index is 13.0. The normalized spacial score (nSPS) is 12.8. The molecule has 1 amide bonds. The van der Waals surface area contributed by atoms with Gasteiger partial charge in [-0.3, -0.25) is 4.79 Å². The molecule has 0 unspecified atom stereocenters. The van der Waals surface area contributed by atoms with E-state index in [0.717, 1.165) is 40.4 Å². The van der Waals surface area contributed by atoms with E-state index in [1.165, 1.54) is 0 Å². The summed E-state index contributed by atoms with van der Waals surface area (Å²) in [6.45, 7) is 8.93. The van der Waals surface area contributed by atoms with Crippen LogP contribution in [0.2, 0.25) is 0 Å². The maximum absolute atomic E-state index is 13.0. The highest BCUT2D eigenvalue weighted by molar-refractivity contribution is 5.77. The zero-order chi connectivity index (χ0) is 26.8. The summed E-state index contributed by atoms with van der Waals surface area (Å²) in [4.78, 5) is 13.0. The van der Waals surface area contributed by atoms with Crippen LogP contribution in [0.15, 0.2) is 72.8 Å². The number of ether oxygens (including phenoxy) is 3. The van der Waals surface area contributed by atoms with Crippen LogP contribution in [0, 0.1) is 5.92 Å². The predicted octanol–water partition coefficient (Wildman–Crippen LogP) is 6.96. The number of nitrogens with one attached hydrogen (secondary N) is 1. The van der Waals surface area contributed by atoms with Crippen LogP contribution in [0.1, 0.15) is 69.1 Å². The highest BCUT2D eigenvalue weighted by atomic mass is 16.5. The molecule has 5 heteroatoms. The molecule has 3 aromatic rings. The standard InChI is InChI=1S/C32H41NO4/c1-22(2)30(25-11-15-26(35-5)16-12-25)21-32(34)33-20-19-28(29-9-7-8-10-31(29)36-6)24-13-17-27(18-14-24)37-23(3)4/h7-18,22-23,28,30H,19-21H2,1-6H3,(H,33,34)/t28-,30-/m1/s1. The van der Waals surface area contributed by atoms with E-state index in [0.29, 0.717) is 18.9 Å².